The van der Waals surface area contributed by atoms with E-state index >= 15 is 0 Å². The minimum Gasteiger partial charge on any atom is -0.461 e. The maximum Gasteiger partial charge on any atom is 0.306 e. The second-order valence-electron chi connectivity index (χ2n) is 3.57. The lowest BCUT2D eigenvalue weighted by Crippen LogP contribution is -2.03. The molecule has 1 aromatic carbocycles. The standard InChI is InChI=1S/C13H15NO2/c1-2-3-4-13(15)16-10-12-7-5-11(9-14)6-8-12/h5-8H,2-4,10H2,1H3. The lowest BCUT2D eigenvalue weighted by molar-refractivity contribution is -0.145. The van der Waals surface area contributed by atoms with Crippen molar-refractivity contribution in [2.75, 3.05) is 0 Å². The van der Waals surface area contributed by atoms with Crippen molar-refractivity contribution in [3.8, 4) is 6.07 Å². The number of esters is 1. The van der Waals surface area contributed by atoms with E-state index in [-0.39, 0.29) is 12.6 Å². The molecule has 0 fully saturated rings. The zero-order valence-corrected chi connectivity index (χ0v) is 9.40. The van der Waals surface area contributed by atoms with Gasteiger partial charge in [-0.05, 0) is 24.1 Å². The molecule has 0 atom stereocenters. The van der Waals surface area contributed by atoms with Gasteiger partial charge in [-0.1, -0.05) is 25.5 Å². The number of nitrogens with zero attached hydrogens (tertiary/aromatic N) is 1. The van der Waals surface area contributed by atoms with E-state index in [1.807, 2.05) is 13.0 Å². The smallest absolute Gasteiger partial charge is 0.306 e. The number of ether oxygens (including phenoxy) is 1. The van der Waals surface area contributed by atoms with Crippen molar-refractivity contribution in [3.63, 3.8) is 0 Å². The highest BCUT2D eigenvalue weighted by Gasteiger charge is 2.02. The van der Waals surface area contributed by atoms with E-state index < -0.39 is 0 Å². The summed E-state index contributed by atoms with van der Waals surface area (Å²) in [6.07, 6.45) is 2.34. The predicted octanol–water partition coefficient (Wildman–Crippen LogP) is 2.79. The van der Waals surface area contributed by atoms with Gasteiger partial charge in [-0.3, -0.25) is 4.79 Å². The van der Waals surface area contributed by atoms with E-state index in [0.717, 1.165) is 18.4 Å². The van der Waals surface area contributed by atoms with E-state index in [1.54, 1.807) is 24.3 Å². The monoisotopic (exact) mass is 217 g/mol. The van der Waals surface area contributed by atoms with Crippen molar-refractivity contribution >= 4 is 5.97 Å². The molecule has 0 aliphatic rings. The fraction of sp³-hybridized carbons (Fsp3) is 0.385. The Balaban J connectivity index is 2.37. The topological polar surface area (TPSA) is 50.1 Å². The third-order valence-electron chi connectivity index (χ3n) is 2.22. The Labute approximate surface area is 95.7 Å². The Morgan fingerprint density at radius 1 is 1.38 bits per heavy atom. The largest absolute Gasteiger partial charge is 0.461 e. The summed E-state index contributed by atoms with van der Waals surface area (Å²) in [7, 11) is 0. The van der Waals surface area contributed by atoms with E-state index in [1.165, 1.54) is 0 Å². The highest BCUT2D eigenvalue weighted by Crippen LogP contribution is 2.06. The lowest BCUT2D eigenvalue weighted by Gasteiger charge is -2.04. The summed E-state index contributed by atoms with van der Waals surface area (Å²) >= 11 is 0. The molecule has 0 unspecified atom stereocenters. The van der Waals surface area contributed by atoms with Crippen LogP contribution in [0.15, 0.2) is 24.3 Å². The minimum atomic E-state index is -0.161. The third kappa shape index (κ3) is 4.14. The van der Waals surface area contributed by atoms with Crippen LogP contribution in [0.3, 0.4) is 0 Å². The van der Waals surface area contributed by atoms with Gasteiger partial charge in [0.15, 0.2) is 0 Å². The predicted molar refractivity (Wildman–Crippen MR) is 60.5 cm³/mol. The van der Waals surface area contributed by atoms with Crippen LogP contribution in [0.25, 0.3) is 0 Å². The Morgan fingerprint density at radius 3 is 2.62 bits per heavy atom. The summed E-state index contributed by atoms with van der Waals surface area (Å²) < 4.78 is 5.08. The maximum atomic E-state index is 11.2. The van der Waals surface area contributed by atoms with Crippen LogP contribution >= 0.6 is 0 Å². The molecular weight excluding hydrogens is 202 g/mol. The number of carbonyl (C=O) groups excluding carboxylic acids is 1. The lowest BCUT2D eigenvalue weighted by atomic mass is 10.1. The highest BCUT2D eigenvalue weighted by molar-refractivity contribution is 5.69. The number of rotatable bonds is 5. The Hall–Kier alpha value is -1.82. The first kappa shape index (κ1) is 12.3. The van der Waals surface area contributed by atoms with Crippen molar-refractivity contribution in [2.24, 2.45) is 0 Å². The van der Waals surface area contributed by atoms with Crippen LogP contribution in [0.5, 0.6) is 0 Å². The van der Waals surface area contributed by atoms with Gasteiger partial charge in [-0.25, -0.2) is 0 Å². The molecule has 0 aliphatic carbocycles. The van der Waals surface area contributed by atoms with Crippen molar-refractivity contribution in [1.29, 1.82) is 5.26 Å². The molecule has 0 saturated heterocycles. The van der Waals surface area contributed by atoms with Crippen LogP contribution in [0.2, 0.25) is 0 Å². The normalized spacial score (nSPS) is 9.50. The zero-order chi connectivity index (χ0) is 11.8. The highest BCUT2D eigenvalue weighted by atomic mass is 16.5. The summed E-state index contributed by atoms with van der Waals surface area (Å²) in [6.45, 7) is 2.32. The molecule has 0 N–H and O–H groups in total. The van der Waals surface area contributed by atoms with Crippen LogP contribution in [-0.2, 0) is 16.1 Å². The summed E-state index contributed by atoms with van der Waals surface area (Å²) in [5, 5.41) is 8.61. The molecule has 0 amide bonds. The molecule has 0 aliphatic heterocycles. The first-order chi connectivity index (χ1) is 7.76. The number of carbonyl (C=O) groups is 1. The van der Waals surface area contributed by atoms with Gasteiger partial charge in [-0.15, -0.1) is 0 Å². The van der Waals surface area contributed by atoms with Gasteiger partial charge in [0.05, 0.1) is 11.6 Å². The van der Waals surface area contributed by atoms with E-state index in [4.69, 9.17) is 10.00 Å². The molecule has 84 valence electrons. The van der Waals surface area contributed by atoms with Crippen LogP contribution in [-0.4, -0.2) is 5.97 Å². The van der Waals surface area contributed by atoms with Gasteiger partial charge >= 0.3 is 5.97 Å². The number of nitriles is 1. The molecule has 1 aromatic rings. The van der Waals surface area contributed by atoms with Gasteiger partial charge in [0.2, 0.25) is 0 Å². The third-order valence-corrected chi connectivity index (χ3v) is 2.22. The number of benzene rings is 1. The fourth-order valence-corrected chi connectivity index (χ4v) is 1.23. The molecule has 1 rings (SSSR count). The average molecular weight is 217 g/mol. The molecule has 0 saturated carbocycles. The van der Waals surface area contributed by atoms with Gasteiger partial charge in [0.1, 0.15) is 6.61 Å². The van der Waals surface area contributed by atoms with Crippen LogP contribution in [0.4, 0.5) is 0 Å². The molecule has 3 nitrogen and oxygen atoms in total. The molecule has 0 spiro atoms. The molecular formula is C13H15NO2. The molecule has 0 bridgehead atoms. The van der Waals surface area contributed by atoms with E-state index in [0.29, 0.717) is 12.0 Å². The van der Waals surface area contributed by atoms with Gasteiger partial charge in [0.25, 0.3) is 0 Å². The Morgan fingerprint density at radius 2 is 2.06 bits per heavy atom. The van der Waals surface area contributed by atoms with Crippen molar-refractivity contribution < 1.29 is 9.53 Å². The average Bonchev–Trinajstić information content (AvgIpc) is 2.34. The second-order valence-corrected chi connectivity index (χ2v) is 3.57. The SMILES string of the molecule is CCCCC(=O)OCc1ccc(C#N)cc1. The van der Waals surface area contributed by atoms with Crippen molar-refractivity contribution in [1.82, 2.24) is 0 Å². The van der Waals surface area contributed by atoms with Crippen LogP contribution in [0, 0.1) is 11.3 Å². The number of hydrogen-bond donors (Lipinski definition) is 0. The summed E-state index contributed by atoms with van der Waals surface area (Å²) in [5.41, 5.74) is 1.52. The first-order valence-electron chi connectivity index (χ1n) is 5.41. The first-order valence-corrected chi connectivity index (χ1v) is 5.41. The van der Waals surface area contributed by atoms with Crippen LogP contribution in [0.1, 0.15) is 37.3 Å². The minimum absolute atomic E-state index is 0.161. The summed E-state index contributed by atoms with van der Waals surface area (Å²) in [6, 6.07) is 9.07. The molecule has 3 heteroatoms. The molecule has 0 radical (unpaired) electrons. The Kier molecular flexibility index (Phi) is 5.07. The van der Waals surface area contributed by atoms with E-state index in [9.17, 15) is 4.79 Å². The Bertz CT molecular complexity index is 376. The van der Waals surface area contributed by atoms with Crippen molar-refractivity contribution in [2.45, 2.75) is 32.8 Å². The maximum absolute atomic E-state index is 11.2. The summed E-state index contributed by atoms with van der Waals surface area (Å²) in [4.78, 5) is 11.2. The number of hydrogen-bond acceptors (Lipinski definition) is 3. The van der Waals surface area contributed by atoms with Crippen LogP contribution < -0.4 is 0 Å². The van der Waals surface area contributed by atoms with E-state index in [2.05, 4.69) is 0 Å². The van der Waals surface area contributed by atoms with Crippen molar-refractivity contribution in [3.05, 3.63) is 35.4 Å². The van der Waals surface area contributed by atoms with Gasteiger partial charge < -0.3 is 4.74 Å². The van der Waals surface area contributed by atoms with Gasteiger partial charge in [-0.2, -0.15) is 5.26 Å². The summed E-state index contributed by atoms with van der Waals surface area (Å²) in [5.74, 6) is -0.161. The zero-order valence-electron chi connectivity index (χ0n) is 9.40. The fourth-order valence-electron chi connectivity index (χ4n) is 1.23. The number of unbranched alkanes of at least 4 members (excludes halogenated alkanes) is 1. The second kappa shape index (κ2) is 6.62. The van der Waals surface area contributed by atoms with Gasteiger partial charge in [0, 0.05) is 6.42 Å². The molecule has 0 aromatic heterocycles. The molecule has 0 heterocycles. The quantitative estimate of drug-likeness (QED) is 0.712. The molecule has 16 heavy (non-hydrogen) atoms.